The van der Waals surface area contributed by atoms with Crippen molar-refractivity contribution in [1.29, 1.82) is 0 Å². The lowest BCUT2D eigenvalue weighted by Gasteiger charge is -2.24. The van der Waals surface area contributed by atoms with Crippen LogP contribution in [-0.2, 0) is 22.7 Å². The predicted molar refractivity (Wildman–Crippen MR) is 107 cm³/mol. The summed E-state index contributed by atoms with van der Waals surface area (Å²) >= 11 is 0. The molecule has 1 N–H and O–H groups in total. The first-order valence-corrected chi connectivity index (χ1v) is 9.84. The minimum absolute atomic E-state index is 0.114. The molecule has 4 rings (SSSR count). The van der Waals surface area contributed by atoms with Crippen LogP contribution in [0.5, 0.6) is 0 Å². The van der Waals surface area contributed by atoms with E-state index in [1.807, 2.05) is 35.1 Å². The summed E-state index contributed by atoms with van der Waals surface area (Å²) in [4.78, 5) is 26.3. The fourth-order valence-electron chi connectivity index (χ4n) is 3.78. The first kappa shape index (κ1) is 19.1. The molecule has 0 aliphatic carbocycles. The molecule has 150 valence electrons. The smallest absolute Gasteiger partial charge is 0.242 e. The molecular weight excluding hydrogens is 371 g/mol. The van der Waals surface area contributed by atoms with E-state index in [2.05, 4.69) is 10.4 Å². The molecular formula is C22H23FN4O2. The van der Waals surface area contributed by atoms with Crippen LogP contribution in [0.2, 0.25) is 0 Å². The lowest BCUT2D eigenvalue weighted by Crippen LogP contribution is -2.44. The number of nitrogens with zero attached hydrogens (tertiary/aromatic N) is 3. The van der Waals surface area contributed by atoms with Crippen LogP contribution in [0.1, 0.15) is 24.8 Å². The maximum Gasteiger partial charge on any atom is 0.242 e. The van der Waals surface area contributed by atoms with Crippen molar-refractivity contribution in [2.24, 2.45) is 0 Å². The largest absolute Gasteiger partial charge is 0.354 e. The Morgan fingerprint density at radius 1 is 1.17 bits per heavy atom. The van der Waals surface area contributed by atoms with Gasteiger partial charge in [0.05, 0.1) is 11.7 Å². The Balaban J connectivity index is 1.31. The third-order valence-corrected chi connectivity index (χ3v) is 5.33. The summed E-state index contributed by atoms with van der Waals surface area (Å²) in [6.07, 6.45) is 3.33. The van der Waals surface area contributed by atoms with Crippen molar-refractivity contribution < 1.29 is 14.0 Å². The van der Waals surface area contributed by atoms with Crippen LogP contribution in [0.4, 0.5) is 4.39 Å². The molecule has 2 heterocycles. The van der Waals surface area contributed by atoms with Crippen molar-refractivity contribution in [3.63, 3.8) is 0 Å². The number of hydrogen-bond acceptors (Lipinski definition) is 3. The van der Waals surface area contributed by atoms with Gasteiger partial charge in [0.25, 0.3) is 0 Å². The lowest BCUT2D eigenvalue weighted by atomic mass is 10.1. The summed E-state index contributed by atoms with van der Waals surface area (Å²) in [5.74, 6) is -0.660. The quantitative estimate of drug-likeness (QED) is 0.627. The number of amides is 2. The Morgan fingerprint density at radius 3 is 2.83 bits per heavy atom. The topological polar surface area (TPSA) is 67.2 Å². The number of aryl methyl sites for hydroxylation is 1. The monoisotopic (exact) mass is 394 g/mol. The van der Waals surface area contributed by atoms with Crippen LogP contribution in [0, 0.1) is 5.82 Å². The van der Waals surface area contributed by atoms with Gasteiger partial charge in [-0.3, -0.25) is 14.3 Å². The summed E-state index contributed by atoms with van der Waals surface area (Å²) in [5.41, 5.74) is 1.49. The molecule has 2 amide bonds. The van der Waals surface area contributed by atoms with Crippen LogP contribution < -0.4 is 5.32 Å². The van der Waals surface area contributed by atoms with Crippen molar-refractivity contribution in [1.82, 2.24) is 20.0 Å². The molecule has 29 heavy (non-hydrogen) atoms. The number of aromatic nitrogens is 2. The maximum absolute atomic E-state index is 13.9. The molecule has 1 fully saturated rings. The second-order valence-corrected chi connectivity index (χ2v) is 7.24. The third-order valence-electron chi connectivity index (χ3n) is 5.33. The van der Waals surface area contributed by atoms with Crippen LogP contribution >= 0.6 is 0 Å². The van der Waals surface area contributed by atoms with E-state index in [1.54, 1.807) is 18.2 Å². The number of carbonyl (C=O) groups is 2. The zero-order valence-electron chi connectivity index (χ0n) is 16.1. The van der Waals surface area contributed by atoms with E-state index in [1.165, 1.54) is 11.0 Å². The highest BCUT2D eigenvalue weighted by Gasteiger charge is 2.36. The summed E-state index contributed by atoms with van der Waals surface area (Å²) in [6, 6.07) is 13.8. The summed E-state index contributed by atoms with van der Waals surface area (Å²) in [6.45, 7) is 1.30. The Bertz CT molecular complexity index is 1030. The number of likely N-dealkylation sites (tertiary alicyclic amines) is 1. The zero-order valence-corrected chi connectivity index (χ0v) is 16.1. The van der Waals surface area contributed by atoms with Gasteiger partial charge in [0.1, 0.15) is 11.9 Å². The van der Waals surface area contributed by atoms with E-state index in [4.69, 9.17) is 0 Å². The molecule has 1 aromatic heterocycles. The highest BCUT2D eigenvalue weighted by molar-refractivity contribution is 5.90. The first-order valence-electron chi connectivity index (χ1n) is 9.84. The fraction of sp³-hybridized carbons (Fsp3) is 0.318. The number of benzene rings is 2. The van der Waals surface area contributed by atoms with Gasteiger partial charge in [0, 0.05) is 37.0 Å². The average Bonchev–Trinajstić information content (AvgIpc) is 3.31. The standard InChI is InChI=1S/C22H23FN4O2/c23-18-8-3-1-7-17(18)15-26-20(10-11-21(26)28)22(29)24-12-5-13-27-19-9-4-2-6-16(19)14-25-27/h1-4,6-9,14,20H,5,10-13,15H2,(H,24,29). The number of fused-ring (bicyclic) bond motifs is 1. The summed E-state index contributed by atoms with van der Waals surface area (Å²) in [5, 5.41) is 8.39. The molecule has 0 saturated carbocycles. The number of carbonyl (C=O) groups excluding carboxylic acids is 2. The van der Waals surface area contributed by atoms with Crippen LogP contribution in [0.3, 0.4) is 0 Å². The van der Waals surface area contributed by atoms with Crippen molar-refractivity contribution in [2.75, 3.05) is 6.54 Å². The van der Waals surface area contributed by atoms with Crippen molar-refractivity contribution in [3.8, 4) is 0 Å². The number of para-hydroxylation sites is 1. The maximum atomic E-state index is 13.9. The average molecular weight is 394 g/mol. The molecule has 0 bridgehead atoms. The molecule has 3 aromatic rings. The van der Waals surface area contributed by atoms with Crippen LogP contribution in [0.15, 0.2) is 54.7 Å². The minimum atomic E-state index is -0.548. The van der Waals surface area contributed by atoms with Gasteiger partial charge in [-0.25, -0.2) is 4.39 Å². The molecule has 1 unspecified atom stereocenters. The predicted octanol–water partition coefficient (Wildman–Crippen LogP) is 2.87. The second-order valence-electron chi connectivity index (χ2n) is 7.24. The van der Waals surface area contributed by atoms with Gasteiger partial charge < -0.3 is 10.2 Å². The van der Waals surface area contributed by atoms with Gasteiger partial charge in [-0.15, -0.1) is 0 Å². The number of halogens is 1. The van der Waals surface area contributed by atoms with Gasteiger partial charge in [-0.05, 0) is 25.0 Å². The number of hydrogen-bond donors (Lipinski definition) is 1. The first-order chi connectivity index (χ1) is 14.1. The van der Waals surface area contributed by atoms with Gasteiger partial charge in [0.2, 0.25) is 11.8 Å². The Morgan fingerprint density at radius 2 is 1.97 bits per heavy atom. The van der Waals surface area contributed by atoms with Gasteiger partial charge in [0.15, 0.2) is 0 Å². The number of nitrogens with one attached hydrogen (secondary N) is 1. The van der Waals surface area contributed by atoms with Crippen LogP contribution in [0.25, 0.3) is 10.9 Å². The van der Waals surface area contributed by atoms with E-state index in [9.17, 15) is 14.0 Å². The molecule has 7 heteroatoms. The SMILES string of the molecule is O=C(NCCCn1ncc2ccccc21)C1CCC(=O)N1Cc1ccccc1F. The lowest BCUT2D eigenvalue weighted by molar-refractivity contribution is -0.135. The normalized spacial score (nSPS) is 16.5. The Labute approximate surface area is 168 Å². The minimum Gasteiger partial charge on any atom is -0.354 e. The molecule has 2 aromatic carbocycles. The van der Waals surface area contributed by atoms with Crippen molar-refractivity contribution in [3.05, 3.63) is 66.1 Å². The summed E-state index contributed by atoms with van der Waals surface area (Å²) in [7, 11) is 0. The molecule has 0 radical (unpaired) electrons. The van der Waals surface area contributed by atoms with E-state index in [0.29, 0.717) is 31.5 Å². The van der Waals surface area contributed by atoms with E-state index < -0.39 is 6.04 Å². The third kappa shape index (κ3) is 4.13. The van der Waals surface area contributed by atoms with Crippen molar-refractivity contribution in [2.45, 2.75) is 38.4 Å². The van der Waals surface area contributed by atoms with E-state index in [0.717, 1.165) is 17.3 Å². The highest BCUT2D eigenvalue weighted by Crippen LogP contribution is 2.22. The van der Waals surface area contributed by atoms with Crippen LogP contribution in [-0.4, -0.2) is 39.1 Å². The molecule has 1 aliphatic heterocycles. The van der Waals surface area contributed by atoms with E-state index >= 15 is 0 Å². The highest BCUT2D eigenvalue weighted by atomic mass is 19.1. The van der Waals surface area contributed by atoms with Gasteiger partial charge >= 0.3 is 0 Å². The fourth-order valence-corrected chi connectivity index (χ4v) is 3.78. The summed E-state index contributed by atoms with van der Waals surface area (Å²) < 4.78 is 15.9. The van der Waals surface area contributed by atoms with E-state index in [-0.39, 0.29) is 24.2 Å². The molecule has 6 nitrogen and oxygen atoms in total. The van der Waals surface area contributed by atoms with Gasteiger partial charge in [-0.1, -0.05) is 36.4 Å². The Kier molecular flexibility index (Phi) is 5.55. The van der Waals surface area contributed by atoms with Gasteiger partial charge in [-0.2, -0.15) is 5.10 Å². The zero-order chi connectivity index (χ0) is 20.2. The molecule has 1 saturated heterocycles. The molecule has 0 spiro atoms. The second kappa shape index (κ2) is 8.43. The molecule has 1 atom stereocenters. The molecule has 1 aliphatic rings. The van der Waals surface area contributed by atoms with Crippen molar-refractivity contribution >= 4 is 22.7 Å². The Hall–Kier alpha value is -3.22. The number of rotatable bonds is 7.